The maximum atomic E-state index is 13.9. The molecule has 12 heteroatoms. The van der Waals surface area contributed by atoms with Crippen LogP contribution in [-0.4, -0.2) is 61.3 Å². The molecule has 0 aliphatic carbocycles. The number of benzene rings is 1. The molecule has 1 aromatic carbocycles. The number of carbonyl (C=O) groups is 1. The molecule has 7 nitrogen and oxygen atoms in total. The first kappa shape index (κ1) is 21.7. The summed E-state index contributed by atoms with van der Waals surface area (Å²) in [4.78, 5) is 18.6. The van der Waals surface area contributed by atoms with Crippen LogP contribution in [0.2, 0.25) is 0 Å². The number of pyridine rings is 1. The number of fused-ring (bicyclic) bond motifs is 1. The average molecular weight is 490 g/mol. The summed E-state index contributed by atoms with van der Waals surface area (Å²) in [6.45, 7) is -2.24. The van der Waals surface area contributed by atoms with Crippen LogP contribution in [0.5, 0.6) is 5.75 Å². The van der Waals surface area contributed by atoms with E-state index in [1.165, 1.54) is 24.0 Å². The summed E-state index contributed by atoms with van der Waals surface area (Å²) in [6.07, 6.45) is -5.84. The number of aryl methyl sites for hydroxylation is 1. The van der Waals surface area contributed by atoms with E-state index >= 15 is 0 Å². The van der Waals surface area contributed by atoms with Gasteiger partial charge in [0.25, 0.3) is 5.91 Å². The lowest BCUT2D eigenvalue weighted by atomic mass is 9.82. The topological polar surface area (TPSA) is 70.1 Å². The first-order valence-corrected chi connectivity index (χ1v) is 10.2. The lowest BCUT2D eigenvalue weighted by molar-refractivity contribution is -0.325. The number of amides is 1. The third kappa shape index (κ3) is 5.13. The molecule has 0 N–H and O–H groups in total. The first-order chi connectivity index (χ1) is 16.8. The van der Waals surface area contributed by atoms with Crippen molar-refractivity contribution in [1.82, 2.24) is 9.88 Å². The lowest BCUT2D eigenvalue weighted by Gasteiger charge is -2.41. The predicted octanol–water partition coefficient (Wildman–Crippen LogP) is 3.70. The summed E-state index contributed by atoms with van der Waals surface area (Å²) in [5.74, 6) is -2.08. The number of hydrogen-bond acceptors (Lipinski definition) is 6. The lowest BCUT2D eigenvalue weighted by Crippen LogP contribution is -2.53. The molecule has 184 valence electrons. The molecule has 1 aromatic heterocycles. The van der Waals surface area contributed by atoms with Gasteiger partial charge in [-0.1, -0.05) is 0 Å². The molecule has 3 heterocycles. The molecule has 2 aliphatic rings. The molecule has 0 spiro atoms. The number of aromatic nitrogens is 1. The zero-order valence-electron chi connectivity index (χ0n) is 19.8. The Hall–Kier alpha value is -2.83. The van der Waals surface area contributed by atoms with Crippen LogP contribution in [0.25, 0.3) is 0 Å². The monoisotopic (exact) mass is 490 g/mol. The minimum Gasteiger partial charge on any atom is -0.489 e. The highest BCUT2D eigenvalue weighted by Crippen LogP contribution is 2.43. The van der Waals surface area contributed by atoms with Gasteiger partial charge < -0.3 is 19.1 Å². The first-order valence-electron chi connectivity index (χ1n) is 11.2. The fourth-order valence-corrected chi connectivity index (χ4v) is 3.97. The molecule has 0 radical (unpaired) electrons. The molecule has 4 rings (SSSR count). The minimum absolute atomic E-state index is 0.00874. The molecule has 2 aliphatic heterocycles. The van der Waals surface area contributed by atoms with Gasteiger partial charge in [0.1, 0.15) is 48.1 Å². The summed E-state index contributed by atoms with van der Waals surface area (Å²) >= 11 is 0. The van der Waals surface area contributed by atoms with E-state index < -0.39 is 49.0 Å². The van der Waals surface area contributed by atoms with Gasteiger partial charge in [-0.25, -0.2) is 13.8 Å². The van der Waals surface area contributed by atoms with Gasteiger partial charge in [0.15, 0.2) is 0 Å². The third-order valence-corrected chi connectivity index (χ3v) is 5.58. The Morgan fingerprint density at radius 2 is 2.00 bits per heavy atom. The van der Waals surface area contributed by atoms with Crippen molar-refractivity contribution in [3.05, 3.63) is 58.9 Å². The number of hydrogen-bond donors (Lipinski definition) is 0. The number of nitrogens with zero attached hydrogens (tertiary/aromatic N) is 2. The smallest absolute Gasteiger partial charge is 0.489 e. The van der Waals surface area contributed by atoms with E-state index in [-0.39, 0.29) is 48.8 Å². The Bertz CT molecular complexity index is 1130. The number of piperidine rings is 1. The van der Waals surface area contributed by atoms with Crippen molar-refractivity contribution in [2.45, 2.75) is 31.4 Å². The maximum Gasteiger partial charge on any atom is 0.522 e. The van der Waals surface area contributed by atoms with E-state index in [0.29, 0.717) is 6.07 Å². The number of rotatable bonds is 6. The van der Waals surface area contributed by atoms with Crippen molar-refractivity contribution in [1.29, 1.82) is 0 Å². The fourth-order valence-electron chi connectivity index (χ4n) is 3.97. The van der Waals surface area contributed by atoms with E-state index in [9.17, 15) is 26.7 Å². The van der Waals surface area contributed by atoms with Gasteiger partial charge in [-0.05, 0) is 36.8 Å². The second-order valence-electron chi connectivity index (χ2n) is 7.76. The second kappa shape index (κ2) is 9.43. The van der Waals surface area contributed by atoms with Crippen LogP contribution in [0.3, 0.4) is 0 Å². The largest absolute Gasteiger partial charge is 0.522 e. The number of ether oxygens (including phenoxy) is 4. The van der Waals surface area contributed by atoms with Crippen molar-refractivity contribution in [3.8, 4) is 5.75 Å². The van der Waals surface area contributed by atoms with Gasteiger partial charge in [0.2, 0.25) is 0 Å². The van der Waals surface area contributed by atoms with Crippen molar-refractivity contribution in [2.24, 2.45) is 0 Å². The molecule has 0 bridgehead atoms. The minimum atomic E-state index is -4.77. The highest BCUT2D eigenvalue weighted by molar-refractivity contribution is 5.92. The second-order valence-corrected chi connectivity index (χ2v) is 7.76. The molecular formula is C22H21F5N2O5. The molecule has 34 heavy (non-hydrogen) atoms. The molecule has 2 fully saturated rings. The molecule has 2 atom stereocenters. The third-order valence-electron chi connectivity index (χ3n) is 5.58. The maximum absolute atomic E-state index is 13.9. The van der Waals surface area contributed by atoms with E-state index in [1.807, 2.05) is 0 Å². The normalized spacial score (nSPS) is 24.9. The Kier molecular flexibility index (Phi) is 6.02. The number of alkyl halides is 3. The van der Waals surface area contributed by atoms with Crippen LogP contribution in [0, 0.1) is 18.6 Å². The summed E-state index contributed by atoms with van der Waals surface area (Å²) in [5, 5.41) is 0. The Morgan fingerprint density at radius 3 is 2.68 bits per heavy atom. The Balaban J connectivity index is 1.47. The fraction of sp³-hybridized carbons (Fsp3) is 0.455. The standard InChI is InChI=1S/C22H21F5N2O5/c1-13-18(31-6-7-33-22(25,26)27)3-2-17(28-13)20(30)29-5-4-21(19(11-29)32-12-34-21)14-8-15(23)10-16(24)9-14/h2-3,8-10,19H,4-7,11-12H2,1H3/i12D2. The van der Waals surface area contributed by atoms with E-state index in [4.69, 9.17) is 17.0 Å². The van der Waals surface area contributed by atoms with E-state index in [2.05, 4.69) is 9.72 Å². The van der Waals surface area contributed by atoms with Gasteiger partial charge >= 0.3 is 6.36 Å². The van der Waals surface area contributed by atoms with Crippen molar-refractivity contribution in [3.63, 3.8) is 0 Å². The molecule has 2 saturated heterocycles. The Labute approximate surface area is 194 Å². The van der Waals surface area contributed by atoms with Crippen LogP contribution in [0.1, 0.15) is 30.9 Å². The molecule has 0 saturated carbocycles. The zero-order chi connectivity index (χ0) is 26.3. The molecule has 2 aromatic rings. The van der Waals surface area contributed by atoms with Crippen LogP contribution in [0.15, 0.2) is 30.3 Å². The predicted molar refractivity (Wildman–Crippen MR) is 106 cm³/mol. The van der Waals surface area contributed by atoms with E-state index in [0.717, 1.165) is 12.1 Å². The van der Waals surface area contributed by atoms with Gasteiger partial charge in [0.05, 0.1) is 21.6 Å². The molecular weight excluding hydrogens is 467 g/mol. The SMILES string of the molecule is [2H]C1([2H])OC2CN(C(=O)c3ccc(OCCOC(F)(F)F)c(C)n3)CCC2(c2cc(F)cc(F)c2)O1. The van der Waals surface area contributed by atoms with E-state index in [1.54, 1.807) is 0 Å². The highest BCUT2D eigenvalue weighted by Gasteiger charge is 2.51. The summed E-state index contributed by atoms with van der Waals surface area (Å²) < 4.78 is 99.5. The molecule has 2 unspecified atom stereocenters. The van der Waals surface area contributed by atoms with Crippen LogP contribution in [-0.2, 0) is 19.8 Å². The number of halogens is 5. The van der Waals surface area contributed by atoms with Crippen molar-refractivity contribution < 1.29 is 48.4 Å². The summed E-state index contributed by atoms with van der Waals surface area (Å²) in [5.41, 5.74) is -1.18. The van der Waals surface area contributed by atoms with Crippen LogP contribution >= 0.6 is 0 Å². The van der Waals surface area contributed by atoms with Crippen LogP contribution in [0.4, 0.5) is 22.0 Å². The Morgan fingerprint density at radius 1 is 1.26 bits per heavy atom. The van der Waals surface area contributed by atoms with Crippen LogP contribution < -0.4 is 4.74 Å². The van der Waals surface area contributed by atoms with Gasteiger partial charge in [-0.2, -0.15) is 0 Å². The van der Waals surface area contributed by atoms with Gasteiger partial charge in [0, 0.05) is 19.0 Å². The average Bonchev–Trinajstić information content (AvgIpc) is 3.06. The summed E-state index contributed by atoms with van der Waals surface area (Å²) in [7, 11) is 0. The molecule has 1 amide bonds. The zero-order valence-corrected chi connectivity index (χ0v) is 17.8. The quantitative estimate of drug-likeness (QED) is 0.455. The van der Waals surface area contributed by atoms with Gasteiger partial charge in [-0.3, -0.25) is 9.53 Å². The van der Waals surface area contributed by atoms with Crippen molar-refractivity contribution in [2.75, 3.05) is 33.0 Å². The number of carbonyl (C=O) groups excluding carboxylic acids is 1. The number of likely N-dealkylation sites (tertiary alicyclic amines) is 1. The summed E-state index contributed by atoms with van der Waals surface area (Å²) in [6, 6.07) is 5.50. The highest BCUT2D eigenvalue weighted by atomic mass is 19.4. The van der Waals surface area contributed by atoms with Crippen molar-refractivity contribution >= 4 is 5.91 Å². The van der Waals surface area contributed by atoms with Gasteiger partial charge in [-0.15, -0.1) is 13.2 Å².